The number of nitrogens with two attached hydrogens (primary N) is 1. The Kier molecular flexibility index (Phi) is 5.71. The van der Waals surface area contributed by atoms with Crippen LogP contribution < -0.4 is 15.8 Å². The van der Waals surface area contributed by atoms with Gasteiger partial charge in [-0.05, 0) is 30.7 Å². The molecule has 2 aromatic rings. The Morgan fingerprint density at radius 3 is 2.61 bits per heavy atom. The summed E-state index contributed by atoms with van der Waals surface area (Å²) in [4.78, 5) is 12.2. The highest BCUT2D eigenvalue weighted by atomic mass is 19.1. The van der Waals surface area contributed by atoms with Crippen LogP contribution in [0.2, 0.25) is 0 Å². The van der Waals surface area contributed by atoms with Crippen LogP contribution in [0.4, 0.5) is 4.39 Å². The Labute approximate surface area is 135 Å². The van der Waals surface area contributed by atoms with Crippen molar-refractivity contribution < 1.29 is 13.9 Å². The van der Waals surface area contributed by atoms with Crippen molar-refractivity contribution in [2.24, 2.45) is 5.73 Å². The van der Waals surface area contributed by atoms with E-state index in [4.69, 9.17) is 10.5 Å². The fourth-order valence-corrected chi connectivity index (χ4v) is 2.44. The van der Waals surface area contributed by atoms with Crippen LogP contribution in [0, 0.1) is 5.82 Å². The van der Waals surface area contributed by atoms with Crippen LogP contribution in [0.1, 0.15) is 36.6 Å². The van der Waals surface area contributed by atoms with E-state index in [-0.39, 0.29) is 30.2 Å². The molecule has 0 bridgehead atoms. The van der Waals surface area contributed by atoms with Crippen molar-refractivity contribution in [2.75, 3.05) is 7.11 Å². The van der Waals surface area contributed by atoms with Crippen molar-refractivity contribution in [2.45, 2.75) is 25.4 Å². The minimum absolute atomic E-state index is 0.159. The van der Waals surface area contributed by atoms with E-state index in [2.05, 4.69) is 5.32 Å². The molecule has 1 amide bonds. The lowest BCUT2D eigenvalue weighted by molar-refractivity contribution is -0.122. The molecular weight excluding hydrogens is 295 g/mol. The Hall–Kier alpha value is -2.40. The molecule has 122 valence electrons. The molecule has 2 atom stereocenters. The number of halogens is 1. The molecular formula is C18H21FN2O2. The lowest BCUT2D eigenvalue weighted by atomic mass is 10.0. The normalized spacial score (nSPS) is 13.2. The molecule has 0 spiro atoms. The summed E-state index contributed by atoms with van der Waals surface area (Å²) in [5, 5.41) is 2.83. The second-order valence-corrected chi connectivity index (χ2v) is 5.40. The van der Waals surface area contributed by atoms with E-state index in [1.807, 2.05) is 30.3 Å². The zero-order valence-corrected chi connectivity index (χ0v) is 13.3. The average Bonchev–Trinajstić information content (AvgIpc) is 2.55. The highest BCUT2D eigenvalue weighted by molar-refractivity contribution is 5.77. The zero-order chi connectivity index (χ0) is 16.8. The predicted octanol–water partition coefficient (Wildman–Crippen LogP) is 3.10. The lowest BCUT2D eigenvalue weighted by Crippen LogP contribution is -2.30. The summed E-state index contributed by atoms with van der Waals surface area (Å²) in [6.45, 7) is 1.78. The second kappa shape index (κ2) is 7.74. The number of carbonyl (C=O) groups excluding carboxylic acids is 1. The van der Waals surface area contributed by atoms with Crippen molar-refractivity contribution in [1.29, 1.82) is 0 Å². The first-order valence-corrected chi connectivity index (χ1v) is 7.44. The first-order valence-electron chi connectivity index (χ1n) is 7.44. The van der Waals surface area contributed by atoms with Gasteiger partial charge in [0.15, 0.2) is 0 Å². The maximum Gasteiger partial charge on any atom is 0.222 e. The van der Waals surface area contributed by atoms with Gasteiger partial charge in [-0.3, -0.25) is 4.79 Å². The molecule has 23 heavy (non-hydrogen) atoms. The topological polar surface area (TPSA) is 64.3 Å². The summed E-state index contributed by atoms with van der Waals surface area (Å²) < 4.78 is 18.6. The van der Waals surface area contributed by atoms with E-state index in [1.54, 1.807) is 13.0 Å². The largest absolute Gasteiger partial charge is 0.496 e. The van der Waals surface area contributed by atoms with Crippen molar-refractivity contribution in [1.82, 2.24) is 5.32 Å². The monoisotopic (exact) mass is 316 g/mol. The number of hydrogen-bond donors (Lipinski definition) is 2. The third-order valence-corrected chi connectivity index (χ3v) is 3.67. The van der Waals surface area contributed by atoms with Gasteiger partial charge in [0, 0.05) is 18.0 Å². The smallest absolute Gasteiger partial charge is 0.222 e. The molecule has 0 heterocycles. The van der Waals surface area contributed by atoms with Crippen LogP contribution in [0.15, 0.2) is 48.5 Å². The van der Waals surface area contributed by atoms with E-state index >= 15 is 0 Å². The minimum Gasteiger partial charge on any atom is -0.496 e. The summed E-state index contributed by atoms with van der Waals surface area (Å²) in [5.41, 5.74) is 7.54. The summed E-state index contributed by atoms with van der Waals surface area (Å²) in [7, 11) is 1.51. The summed E-state index contributed by atoms with van der Waals surface area (Å²) >= 11 is 0. The Bertz CT molecular complexity index is 661. The molecule has 2 aromatic carbocycles. The number of carbonyl (C=O) groups is 1. The zero-order valence-electron chi connectivity index (χ0n) is 13.3. The van der Waals surface area contributed by atoms with Crippen molar-refractivity contribution in [3.8, 4) is 5.75 Å². The third kappa shape index (κ3) is 4.53. The first-order chi connectivity index (χ1) is 11.0. The van der Waals surface area contributed by atoms with Crippen molar-refractivity contribution >= 4 is 5.91 Å². The fourth-order valence-electron chi connectivity index (χ4n) is 2.44. The van der Waals surface area contributed by atoms with Crippen LogP contribution in [-0.4, -0.2) is 13.0 Å². The van der Waals surface area contributed by atoms with Gasteiger partial charge in [0.05, 0.1) is 13.2 Å². The summed E-state index contributed by atoms with van der Waals surface area (Å²) in [6, 6.07) is 12.9. The van der Waals surface area contributed by atoms with Gasteiger partial charge < -0.3 is 15.8 Å². The number of rotatable bonds is 6. The molecule has 2 rings (SSSR count). The molecule has 4 nitrogen and oxygen atoms in total. The van der Waals surface area contributed by atoms with E-state index < -0.39 is 0 Å². The molecule has 0 radical (unpaired) electrons. The molecule has 0 aliphatic heterocycles. The Morgan fingerprint density at radius 1 is 1.26 bits per heavy atom. The lowest BCUT2D eigenvalue weighted by Gasteiger charge is -2.19. The Morgan fingerprint density at radius 2 is 1.96 bits per heavy atom. The third-order valence-electron chi connectivity index (χ3n) is 3.67. The number of nitrogens with one attached hydrogen (secondary N) is 1. The van der Waals surface area contributed by atoms with Gasteiger partial charge >= 0.3 is 0 Å². The van der Waals surface area contributed by atoms with E-state index in [0.29, 0.717) is 11.3 Å². The molecule has 0 aliphatic carbocycles. The van der Waals surface area contributed by atoms with Crippen LogP contribution in [0.5, 0.6) is 5.75 Å². The quantitative estimate of drug-likeness (QED) is 0.860. The van der Waals surface area contributed by atoms with Gasteiger partial charge in [0.2, 0.25) is 5.91 Å². The Balaban J connectivity index is 2.01. The summed E-state index contributed by atoms with van der Waals surface area (Å²) in [6.07, 6.45) is 0.159. The van der Waals surface area contributed by atoms with E-state index in [9.17, 15) is 9.18 Å². The van der Waals surface area contributed by atoms with E-state index in [0.717, 1.165) is 5.56 Å². The molecule has 0 aromatic heterocycles. The number of methoxy groups -OCH3 is 1. The number of ether oxygens (including phenoxy) is 1. The van der Waals surface area contributed by atoms with Crippen LogP contribution in [0.3, 0.4) is 0 Å². The first kappa shape index (κ1) is 17.0. The van der Waals surface area contributed by atoms with Gasteiger partial charge in [0.25, 0.3) is 0 Å². The van der Waals surface area contributed by atoms with Gasteiger partial charge in [-0.1, -0.05) is 30.3 Å². The molecule has 0 saturated heterocycles. The van der Waals surface area contributed by atoms with Crippen LogP contribution in [-0.2, 0) is 4.79 Å². The number of amides is 1. The molecule has 0 fully saturated rings. The standard InChI is InChI=1S/C18H21FN2O2/c1-12(15-10-14(19)8-9-17(15)23-2)21-18(22)11-16(20)13-6-4-3-5-7-13/h3-10,12,16H,11,20H2,1-2H3,(H,21,22). The van der Waals surface area contributed by atoms with Gasteiger partial charge in [-0.25, -0.2) is 4.39 Å². The SMILES string of the molecule is COc1ccc(F)cc1C(C)NC(=O)CC(N)c1ccccc1. The van der Waals surface area contributed by atoms with Crippen LogP contribution >= 0.6 is 0 Å². The molecule has 5 heteroatoms. The van der Waals surface area contributed by atoms with Gasteiger partial charge in [-0.2, -0.15) is 0 Å². The van der Waals surface area contributed by atoms with Crippen LogP contribution in [0.25, 0.3) is 0 Å². The highest BCUT2D eigenvalue weighted by Gasteiger charge is 2.17. The van der Waals surface area contributed by atoms with E-state index in [1.165, 1.54) is 19.2 Å². The molecule has 2 unspecified atom stereocenters. The van der Waals surface area contributed by atoms with Crippen molar-refractivity contribution in [3.63, 3.8) is 0 Å². The predicted molar refractivity (Wildman–Crippen MR) is 87.5 cm³/mol. The van der Waals surface area contributed by atoms with Crippen molar-refractivity contribution in [3.05, 3.63) is 65.5 Å². The number of benzene rings is 2. The summed E-state index contributed by atoms with van der Waals surface area (Å²) in [5.74, 6) is -0.0328. The van der Waals surface area contributed by atoms with Gasteiger partial charge in [-0.15, -0.1) is 0 Å². The minimum atomic E-state index is -0.379. The maximum atomic E-state index is 13.4. The van der Waals surface area contributed by atoms with Gasteiger partial charge in [0.1, 0.15) is 11.6 Å². The molecule has 3 N–H and O–H groups in total. The molecule has 0 saturated carbocycles. The number of hydrogen-bond acceptors (Lipinski definition) is 3. The second-order valence-electron chi connectivity index (χ2n) is 5.40. The average molecular weight is 316 g/mol. The highest BCUT2D eigenvalue weighted by Crippen LogP contribution is 2.26. The maximum absolute atomic E-state index is 13.4. The molecule has 0 aliphatic rings. The fraction of sp³-hybridized carbons (Fsp3) is 0.278.